The summed E-state index contributed by atoms with van der Waals surface area (Å²) in [6.07, 6.45) is 2.65. The van der Waals surface area contributed by atoms with Crippen molar-refractivity contribution in [2.45, 2.75) is 50.2 Å². The lowest BCUT2D eigenvalue weighted by atomic mass is 9.51. The van der Waals surface area contributed by atoms with Gasteiger partial charge >= 0.3 is 0 Å². The van der Waals surface area contributed by atoms with Crippen LogP contribution in [0, 0.1) is 5.92 Å². The van der Waals surface area contributed by atoms with Gasteiger partial charge in [0, 0.05) is 31.5 Å². The number of hydrogen-bond donors (Lipinski definition) is 0. The van der Waals surface area contributed by atoms with Gasteiger partial charge < -0.3 is 14.4 Å². The molecule has 5 nitrogen and oxygen atoms in total. The summed E-state index contributed by atoms with van der Waals surface area (Å²) in [7, 11) is 1.64. The zero-order chi connectivity index (χ0) is 16.6. The highest BCUT2D eigenvalue weighted by atomic mass is 16.5. The van der Waals surface area contributed by atoms with E-state index in [0.29, 0.717) is 18.9 Å². The van der Waals surface area contributed by atoms with Crippen molar-refractivity contribution in [3.8, 4) is 11.5 Å². The molecule has 2 bridgehead atoms. The largest absolute Gasteiger partial charge is 0.493 e. The summed E-state index contributed by atoms with van der Waals surface area (Å²) in [5.74, 6) is 2.14. The van der Waals surface area contributed by atoms with Crippen LogP contribution in [0.4, 0.5) is 0 Å². The first-order valence-corrected chi connectivity index (χ1v) is 8.75. The van der Waals surface area contributed by atoms with Crippen LogP contribution in [0.3, 0.4) is 0 Å². The molecular formula is C19H21NO4. The average molecular weight is 327 g/mol. The van der Waals surface area contributed by atoms with Crippen molar-refractivity contribution in [2.75, 3.05) is 13.7 Å². The van der Waals surface area contributed by atoms with Crippen LogP contribution < -0.4 is 9.47 Å². The number of benzene rings is 1. The van der Waals surface area contributed by atoms with Crippen LogP contribution in [0.1, 0.15) is 37.3 Å². The van der Waals surface area contributed by atoms with Crippen molar-refractivity contribution < 1.29 is 19.1 Å². The van der Waals surface area contributed by atoms with E-state index in [2.05, 4.69) is 6.07 Å². The Labute approximate surface area is 140 Å². The summed E-state index contributed by atoms with van der Waals surface area (Å²) < 4.78 is 11.7. The molecule has 1 aromatic rings. The van der Waals surface area contributed by atoms with Crippen molar-refractivity contribution in [3.05, 3.63) is 23.3 Å². The molecule has 0 aromatic heterocycles. The van der Waals surface area contributed by atoms with E-state index in [1.807, 2.05) is 11.0 Å². The van der Waals surface area contributed by atoms with Crippen molar-refractivity contribution >= 4 is 11.7 Å². The van der Waals surface area contributed by atoms with Gasteiger partial charge in [0.05, 0.1) is 12.5 Å². The van der Waals surface area contributed by atoms with Gasteiger partial charge in [-0.1, -0.05) is 6.07 Å². The van der Waals surface area contributed by atoms with Crippen molar-refractivity contribution in [1.29, 1.82) is 0 Å². The van der Waals surface area contributed by atoms with E-state index < -0.39 is 6.10 Å². The maximum atomic E-state index is 12.7. The predicted octanol–water partition coefficient (Wildman–Crippen LogP) is 1.85. The van der Waals surface area contributed by atoms with Crippen molar-refractivity contribution in [1.82, 2.24) is 4.90 Å². The number of carbonyl (C=O) groups excluding carboxylic acids is 2. The standard InChI is InChI=1S/C19H21NO4/c1-10(21)20-8-7-19-12-4-5-14(22)18(19)24-17-15(23-2)6-3-11(16(17)19)9-13(12)20/h3,6,12-13,18H,4-5,7-9H2,1-2H3/t12-,13?,18?,19-/m1/s1. The first kappa shape index (κ1) is 14.3. The van der Waals surface area contributed by atoms with Gasteiger partial charge in [-0.05, 0) is 36.8 Å². The third-order valence-corrected chi connectivity index (χ3v) is 6.72. The molecule has 5 rings (SSSR count). The molecule has 0 radical (unpaired) electrons. The first-order valence-electron chi connectivity index (χ1n) is 8.75. The van der Waals surface area contributed by atoms with Crippen LogP contribution in [-0.4, -0.2) is 42.4 Å². The van der Waals surface area contributed by atoms with Crippen LogP contribution in [0.15, 0.2) is 12.1 Å². The van der Waals surface area contributed by atoms with Crippen LogP contribution in [-0.2, 0) is 21.4 Å². The lowest BCUT2D eigenvalue weighted by Crippen LogP contribution is -2.66. The number of hydrogen-bond acceptors (Lipinski definition) is 4. The SMILES string of the molecule is COc1ccc2c3c1OC1C(=O)CC[C@@H]4C(C2)N(C(C)=O)CC[C@@]314. The topological polar surface area (TPSA) is 55.8 Å². The number of amides is 1. The van der Waals surface area contributed by atoms with Gasteiger partial charge in [-0.3, -0.25) is 9.59 Å². The molecule has 2 unspecified atom stereocenters. The highest BCUT2D eigenvalue weighted by Crippen LogP contribution is 2.63. The fraction of sp³-hybridized carbons (Fsp3) is 0.579. The Balaban J connectivity index is 1.77. The lowest BCUT2D eigenvalue weighted by molar-refractivity contribution is -0.146. The van der Waals surface area contributed by atoms with E-state index in [-0.39, 0.29) is 23.1 Å². The number of ether oxygens (including phenoxy) is 2. The zero-order valence-electron chi connectivity index (χ0n) is 14.0. The third kappa shape index (κ3) is 1.47. The van der Waals surface area contributed by atoms with E-state index >= 15 is 0 Å². The molecule has 2 fully saturated rings. The number of rotatable bonds is 1. The quantitative estimate of drug-likeness (QED) is 0.790. The number of likely N-dealkylation sites (tertiary alicyclic amines) is 1. The Morgan fingerprint density at radius 2 is 2.25 bits per heavy atom. The molecule has 5 heteroatoms. The molecule has 1 spiro atoms. The second-order valence-corrected chi connectivity index (χ2v) is 7.51. The molecule has 2 aliphatic carbocycles. The Hall–Kier alpha value is -2.04. The van der Waals surface area contributed by atoms with Crippen LogP contribution in [0.2, 0.25) is 0 Å². The Morgan fingerprint density at radius 1 is 1.42 bits per heavy atom. The minimum Gasteiger partial charge on any atom is -0.493 e. The number of carbonyl (C=O) groups is 2. The lowest BCUT2D eigenvalue weighted by Gasteiger charge is -2.57. The predicted molar refractivity (Wildman–Crippen MR) is 86.3 cm³/mol. The van der Waals surface area contributed by atoms with E-state index in [4.69, 9.17) is 9.47 Å². The summed E-state index contributed by atoms with van der Waals surface area (Å²) in [5.41, 5.74) is 2.16. The second kappa shape index (κ2) is 4.52. The average Bonchev–Trinajstić information content (AvgIpc) is 2.90. The second-order valence-electron chi connectivity index (χ2n) is 7.51. The molecule has 126 valence electrons. The summed E-state index contributed by atoms with van der Waals surface area (Å²) in [4.78, 5) is 26.9. The summed E-state index contributed by atoms with van der Waals surface area (Å²) in [6, 6.07) is 4.21. The maximum absolute atomic E-state index is 12.7. The normalized spacial score (nSPS) is 35.3. The molecule has 2 heterocycles. The molecule has 1 amide bonds. The van der Waals surface area contributed by atoms with E-state index in [1.54, 1.807) is 14.0 Å². The van der Waals surface area contributed by atoms with Gasteiger partial charge in [0.1, 0.15) is 0 Å². The highest BCUT2D eigenvalue weighted by Gasteiger charge is 2.66. The molecule has 2 aliphatic heterocycles. The van der Waals surface area contributed by atoms with Gasteiger partial charge in [0.15, 0.2) is 23.4 Å². The molecular weight excluding hydrogens is 306 g/mol. The number of ketones is 1. The maximum Gasteiger partial charge on any atom is 0.219 e. The molecule has 24 heavy (non-hydrogen) atoms. The van der Waals surface area contributed by atoms with Gasteiger partial charge in [-0.25, -0.2) is 0 Å². The fourth-order valence-corrected chi connectivity index (χ4v) is 5.87. The fourth-order valence-electron chi connectivity index (χ4n) is 5.87. The Kier molecular flexibility index (Phi) is 2.70. The van der Waals surface area contributed by atoms with E-state index in [1.165, 1.54) is 11.1 Å². The third-order valence-electron chi connectivity index (χ3n) is 6.72. The number of Topliss-reactive ketones (excluding diaryl/α,β-unsaturated/α-hetero) is 1. The first-order chi connectivity index (χ1) is 11.6. The summed E-state index contributed by atoms with van der Waals surface area (Å²) in [6.45, 7) is 2.36. The van der Waals surface area contributed by atoms with Crippen molar-refractivity contribution in [2.24, 2.45) is 5.92 Å². The molecule has 4 aliphatic rings. The van der Waals surface area contributed by atoms with Gasteiger partial charge in [-0.2, -0.15) is 0 Å². The minimum atomic E-state index is -0.404. The van der Waals surface area contributed by atoms with E-state index in [0.717, 1.165) is 30.8 Å². The van der Waals surface area contributed by atoms with E-state index in [9.17, 15) is 9.59 Å². The summed E-state index contributed by atoms with van der Waals surface area (Å²) in [5, 5.41) is 0. The number of piperidine rings is 1. The Bertz CT molecular complexity index is 773. The van der Waals surface area contributed by atoms with Crippen molar-refractivity contribution in [3.63, 3.8) is 0 Å². The molecule has 4 atom stereocenters. The van der Waals surface area contributed by atoms with Crippen LogP contribution in [0.5, 0.6) is 11.5 Å². The number of nitrogens with zero attached hydrogens (tertiary/aromatic N) is 1. The molecule has 1 saturated carbocycles. The van der Waals surface area contributed by atoms with Gasteiger partial charge in [0.2, 0.25) is 5.91 Å². The van der Waals surface area contributed by atoms with Crippen LogP contribution in [0.25, 0.3) is 0 Å². The number of methoxy groups -OCH3 is 1. The van der Waals surface area contributed by atoms with Gasteiger partial charge in [0.25, 0.3) is 0 Å². The molecule has 0 N–H and O–H groups in total. The molecule has 1 aromatic carbocycles. The Morgan fingerprint density at radius 3 is 3.00 bits per heavy atom. The zero-order valence-corrected chi connectivity index (χ0v) is 14.0. The molecule has 1 saturated heterocycles. The van der Waals surface area contributed by atoms with Gasteiger partial charge in [-0.15, -0.1) is 0 Å². The summed E-state index contributed by atoms with van der Waals surface area (Å²) >= 11 is 0. The monoisotopic (exact) mass is 327 g/mol. The highest BCUT2D eigenvalue weighted by molar-refractivity contribution is 5.89. The smallest absolute Gasteiger partial charge is 0.219 e. The minimum absolute atomic E-state index is 0.138. The van der Waals surface area contributed by atoms with Crippen LogP contribution >= 0.6 is 0 Å².